The fourth-order valence-corrected chi connectivity index (χ4v) is 4.07. The second kappa shape index (κ2) is 9.30. The van der Waals surface area contributed by atoms with Gasteiger partial charge in [-0.3, -0.25) is 4.79 Å². The molecular weight excluding hydrogens is 416 g/mol. The molecule has 2 N–H and O–H groups in total. The Bertz CT molecular complexity index is 865. The van der Waals surface area contributed by atoms with Crippen molar-refractivity contribution in [3.63, 3.8) is 0 Å². The number of carbonyl (C=O) groups excluding carboxylic acids is 1. The topological polar surface area (TPSA) is 75.3 Å². The number of amides is 1. The number of sulfonamides is 1. The van der Waals surface area contributed by atoms with E-state index in [0.29, 0.717) is 19.4 Å². The number of benzene rings is 2. The highest BCUT2D eigenvalue weighted by Gasteiger charge is 2.13. The Hall–Kier alpha value is -1.70. The average Bonchev–Trinajstić information content (AvgIpc) is 2.61. The predicted molar refractivity (Wildman–Crippen MR) is 108 cm³/mol. The van der Waals surface area contributed by atoms with Gasteiger partial charge in [0.05, 0.1) is 10.6 Å². The number of hydrogen-bond donors (Lipinski definition) is 2. The second-order valence-electron chi connectivity index (χ2n) is 6.07. The Morgan fingerprint density at radius 3 is 2.42 bits per heavy atom. The molecule has 26 heavy (non-hydrogen) atoms. The molecule has 2 aromatic carbocycles. The summed E-state index contributed by atoms with van der Waals surface area (Å²) in [4.78, 5) is 12.4. The first-order valence-electron chi connectivity index (χ1n) is 8.46. The lowest BCUT2D eigenvalue weighted by molar-refractivity contribution is -0.116. The Morgan fingerprint density at radius 1 is 1.12 bits per heavy atom. The molecule has 0 spiro atoms. The molecule has 0 fully saturated rings. The van der Waals surface area contributed by atoms with E-state index in [1.807, 2.05) is 32.0 Å². The second-order valence-corrected chi connectivity index (χ2v) is 8.69. The van der Waals surface area contributed by atoms with Crippen LogP contribution in [0.5, 0.6) is 0 Å². The first-order chi connectivity index (χ1) is 12.3. The van der Waals surface area contributed by atoms with Gasteiger partial charge in [0.25, 0.3) is 0 Å². The number of anilines is 1. The van der Waals surface area contributed by atoms with Crippen LogP contribution in [0.3, 0.4) is 0 Å². The standard InChI is InChI=1S/C19H23BrN2O3S/c1-3-12-21-26(24,25)16-8-5-15(6-9-16)7-11-19(23)22-18-10-4-14(2)13-17(18)20/h4-6,8-10,13,21H,3,7,11-12H2,1-2H3,(H,22,23). The molecule has 5 nitrogen and oxygen atoms in total. The highest BCUT2D eigenvalue weighted by molar-refractivity contribution is 9.10. The third kappa shape index (κ3) is 5.93. The van der Waals surface area contributed by atoms with Crippen molar-refractivity contribution in [1.29, 1.82) is 0 Å². The minimum absolute atomic E-state index is 0.0872. The van der Waals surface area contributed by atoms with Crippen LogP contribution < -0.4 is 10.0 Å². The summed E-state index contributed by atoms with van der Waals surface area (Å²) in [6.45, 7) is 4.31. The third-order valence-electron chi connectivity index (χ3n) is 3.82. The van der Waals surface area contributed by atoms with Gasteiger partial charge in [-0.25, -0.2) is 13.1 Å². The molecule has 1 amide bonds. The van der Waals surface area contributed by atoms with Gasteiger partial charge in [0, 0.05) is 17.4 Å². The Kier molecular flexibility index (Phi) is 7.37. The van der Waals surface area contributed by atoms with Crippen molar-refractivity contribution in [3.05, 3.63) is 58.1 Å². The molecule has 0 aliphatic rings. The molecule has 0 atom stereocenters. The molecule has 2 aromatic rings. The molecule has 2 rings (SSSR count). The van der Waals surface area contributed by atoms with E-state index in [1.54, 1.807) is 24.3 Å². The Labute approximate surface area is 163 Å². The molecule has 0 saturated carbocycles. The minimum Gasteiger partial charge on any atom is -0.325 e. The van der Waals surface area contributed by atoms with Gasteiger partial charge in [-0.2, -0.15) is 0 Å². The fourth-order valence-electron chi connectivity index (χ4n) is 2.35. The van der Waals surface area contributed by atoms with Gasteiger partial charge < -0.3 is 5.32 Å². The minimum atomic E-state index is -3.45. The molecule has 0 saturated heterocycles. The van der Waals surface area contributed by atoms with Crippen LogP contribution >= 0.6 is 15.9 Å². The Morgan fingerprint density at radius 2 is 1.81 bits per heavy atom. The lowest BCUT2D eigenvalue weighted by Gasteiger charge is -2.09. The molecule has 140 valence electrons. The summed E-state index contributed by atoms with van der Waals surface area (Å²) < 4.78 is 27.5. The maximum atomic E-state index is 12.1. The van der Waals surface area contributed by atoms with Crippen molar-refractivity contribution in [2.45, 2.75) is 38.0 Å². The first kappa shape index (κ1) is 20.6. The first-order valence-corrected chi connectivity index (χ1v) is 10.7. The van der Waals surface area contributed by atoms with Gasteiger partial charge >= 0.3 is 0 Å². The number of nitrogens with one attached hydrogen (secondary N) is 2. The van der Waals surface area contributed by atoms with Crippen LogP contribution in [0.15, 0.2) is 51.8 Å². The van der Waals surface area contributed by atoms with Gasteiger partial charge in [-0.15, -0.1) is 0 Å². The lowest BCUT2D eigenvalue weighted by atomic mass is 10.1. The smallest absolute Gasteiger partial charge is 0.240 e. The zero-order valence-electron chi connectivity index (χ0n) is 14.9. The number of aryl methyl sites for hydroxylation is 2. The fraction of sp³-hybridized carbons (Fsp3) is 0.316. The van der Waals surface area contributed by atoms with Gasteiger partial charge in [-0.1, -0.05) is 25.1 Å². The van der Waals surface area contributed by atoms with Crippen molar-refractivity contribution in [2.24, 2.45) is 0 Å². The summed E-state index contributed by atoms with van der Waals surface area (Å²) in [6.07, 6.45) is 1.60. The van der Waals surface area contributed by atoms with Crippen molar-refractivity contribution in [3.8, 4) is 0 Å². The van der Waals surface area contributed by atoms with E-state index in [9.17, 15) is 13.2 Å². The molecule has 0 unspecified atom stereocenters. The van der Waals surface area contributed by atoms with Crippen molar-refractivity contribution >= 4 is 37.5 Å². The summed E-state index contributed by atoms with van der Waals surface area (Å²) in [6, 6.07) is 12.4. The third-order valence-corrected chi connectivity index (χ3v) is 5.95. The van der Waals surface area contributed by atoms with Crippen molar-refractivity contribution in [2.75, 3.05) is 11.9 Å². The quantitative estimate of drug-likeness (QED) is 0.653. The summed E-state index contributed by atoms with van der Waals surface area (Å²) in [5.41, 5.74) is 2.76. The van der Waals surface area contributed by atoms with Crippen LogP contribution in [0.25, 0.3) is 0 Å². The van der Waals surface area contributed by atoms with Crippen LogP contribution in [0, 0.1) is 6.92 Å². The maximum Gasteiger partial charge on any atom is 0.240 e. The number of halogens is 1. The normalized spacial score (nSPS) is 11.3. The zero-order valence-corrected chi connectivity index (χ0v) is 17.3. The number of rotatable bonds is 8. The molecule has 0 aromatic heterocycles. The van der Waals surface area contributed by atoms with Gasteiger partial charge in [0.15, 0.2) is 0 Å². The molecule has 0 aliphatic carbocycles. The molecule has 0 heterocycles. The SMILES string of the molecule is CCCNS(=O)(=O)c1ccc(CCC(=O)Nc2ccc(C)cc2Br)cc1. The highest BCUT2D eigenvalue weighted by atomic mass is 79.9. The maximum absolute atomic E-state index is 12.1. The predicted octanol–water partition coefficient (Wildman–Crippen LogP) is 4.02. The van der Waals surface area contributed by atoms with E-state index in [-0.39, 0.29) is 10.8 Å². The van der Waals surface area contributed by atoms with E-state index in [4.69, 9.17) is 0 Å². The molecule has 0 aliphatic heterocycles. The van der Waals surface area contributed by atoms with E-state index in [1.165, 1.54) is 0 Å². The summed E-state index contributed by atoms with van der Waals surface area (Å²) in [5, 5.41) is 2.87. The van der Waals surface area contributed by atoms with Crippen LogP contribution in [-0.2, 0) is 21.2 Å². The van der Waals surface area contributed by atoms with Crippen LogP contribution in [0.1, 0.15) is 30.9 Å². The van der Waals surface area contributed by atoms with Gasteiger partial charge in [0.1, 0.15) is 0 Å². The van der Waals surface area contributed by atoms with Gasteiger partial charge in [-0.05, 0) is 71.1 Å². The zero-order chi connectivity index (χ0) is 19.2. The van der Waals surface area contributed by atoms with Gasteiger partial charge in [0.2, 0.25) is 15.9 Å². The van der Waals surface area contributed by atoms with E-state index in [0.717, 1.165) is 27.7 Å². The van der Waals surface area contributed by atoms with Crippen molar-refractivity contribution < 1.29 is 13.2 Å². The van der Waals surface area contributed by atoms with E-state index < -0.39 is 10.0 Å². The number of hydrogen-bond acceptors (Lipinski definition) is 3. The average molecular weight is 439 g/mol. The lowest BCUT2D eigenvalue weighted by Crippen LogP contribution is -2.24. The summed E-state index contributed by atoms with van der Waals surface area (Å²) >= 11 is 3.44. The largest absolute Gasteiger partial charge is 0.325 e. The molecular formula is C19H23BrN2O3S. The van der Waals surface area contributed by atoms with E-state index >= 15 is 0 Å². The summed E-state index contributed by atoms with van der Waals surface area (Å²) in [7, 11) is -3.45. The van der Waals surface area contributed by atoms with E-state index in [2.05, 4.69) is 26.0 Å². The van der Waals surface area contributed by atoms with Crippen LogP contribution in [-0.4, -0.2) is 20.9 Å². The monoisotopic (exact) mass is 438 g/mol. The highest BCUT2D eigenvalue weighted by Crippen LogP contribution is 2.23. The van der Waals surface area contributed by atoms with Crippen LogP contribution in [0.4, 0.5) is 5.69 Å². The van der Waals surface area contributed by atoms with Crippen molar-refractivity contribution in [1.82, 2.24) is 4.72 Å². The molecule has 0 bridgehead atoms. The van der Waals surface area contributed by atoms with Crippen LogP contribution in [0.2, 0.25) is 0 Å². The molecule has 0 radical (unpaired) electrons. The Balaban J connectivity index is 1.92. The summed E-state index contributed by atoms with van der Waals surface area (Å²) in [5.74, 6) is -0.0872. The number of carbonyl (C=O) groups is 1. The molecule has 7 heteroatoms.